The number of aromatic nitrogens is 2. The van der Waals surface area contributed by atoms with Crippen molar-refractivity contribution in [3.05, 3.63) is 59.3 Å². The summed E-state index contributed by atoms with van der Waals surface area (Å²) in [5.41, 5.74) is 5.23. The van der Waals surface area contributed by atoms with Crippen molar-refractivity contribution in [2.75, 3.05) is 58.2 Å². The van der Waals surface area contributed by atoms with E-state index >= 15 is 0 Å². The van der Waals surface area contributed by atoms with Crippen molar-refractivity contribution in [2.24, 2.45) is 18.9 Å². The number of anilines is 1. The van der Waals surface area contributed by atoms with Gasteiger partial charge in [-0.2, -0.15) is 5.10 Å². The van der Waals surface area contributed by atoms with Crippen molar-refractivity contribution in [3.63, 3.8) is 0 Å². The minimum atomic E-state index is -0.659. The van der Waals surface area contributed by atoms with Crippen LogP contribution in [0.25, 0.3) is 10.9 Å². The lowest BCUT2D eigenvalue weighted by Gasteiger charge is -2.41. The van der Waals surface area contributed by atoms with Gasteiger partial charge in [-0.05, 0) is 113 Å². The van der Waals surface area contributed by atoms with Crippen molar-refractivity contribution in [1.29, 1.82) is 0 Å². The Labute approximate surface area is 290 Å². The number of likely N-dealkylation sites (tertiary alicyclic amines) is 3. The monoisotopic (exact) mass is 668 g/mol. The van der Waals surface area contributed by atoms with Gasteiger partial charge in [0.2, 0.25) is 5.91 Å². The molecule has 0 aliphatic carbocycles. The van der Waals surface area contributed by atoms with E-state index in [2.05, 4.69) is 52.8 Å². The first-order chi connectivity index (χ1) is 23.7. The molecule has 3 saturated heterocycles. The van der Waals surface area contributed by atoms with E-state index in [4.69, 9.17) is 0 Å². The maximum absolute atomic E-state index is 14.2. The Morgan fingerprint density at radius 1 is 0.898 bits per heavy atom. The molecule has 0 saturated carbocycles. The van der Waals surface area contributed by atoms with E-state index in [0.717, 1.165) is 84.6 Å². The van der Waals surface area contributed by atoms with E-state index < -0.39 is 6.04 Å². The number of amides is 5. The number of nitrogens with zero attached hydrogens (tertiary/aromatic N) is 6. The zero-order valence-electron chi connectivity index (χ0n) is 29.4. The number of urea groups is 2. The van der Waals surface area contributed by atoms with Crippen LogP contribution in [0.15, 0.2) is 42.6 Å². The molecule has 1 aromatic heterocycles. The van der Waals surface area contributed by atoms with Crippen LogP contribution in [-0.4, -0.2) is 112 Å². The molecule has 262 valence electrons. The first-order valence-corrected chi connectivity index (χ1v) is 18.3. The topological polar surface area (TPSA) is 106 Å². The van der Waals surface area contributed by atoms with Gasteiger partial charge in [0.25, 0.3) is 0 Å². The number of carbonyl (C=O) groups is 3. The normalized spacial score (nSPS) is 21.0. The molecule has 3 fully saturated rings. The summed E-state index contributed by atoms with van der Waals surface area (Å²) < 4.78 is 1.88. The van der Waals surface area contributed by atoms with Gasteiger partial charge in [-0.25, -0.2) is 9.59 Å². The maximum atomic E-state index is 14.2. The van der Waals surface area contributed by atoms with Gasteiger partial charge in [-0.15, -0.1) is 0 Å². The Morgan fingerprint density at radius 3 is 2.31 bits per heavy atom. The molecule has 1 atom stereocenters. The fourth-order valence-electron chi connectivity index (χ4n) is 8.86. The van der Waals surface area contributed by atoms with Gasteiger partial charge in [-0.1, -0.05) is 24.3 Å². The highest BCUT2D eigenvalue weighted by Crippen LogP contribution is 2.33. The first kappa shape index (κ1) is 33.4. The molecule has 5 amide bonds. The van der Waals surface area contributed by atoms with Crippen LogP contribution in [0.4, 0.5) is 15.3 Å². The quantitative estimate of drug-likeness (QED) is 0.399. The van der Waals surface area contributed by atoms with Crippen molar-refractivity contribution < 1.29 is 14.4 Å². The molecule has 11 nitrogen and oxygen atoms in total. The lowest BCUT2D eigenvalue weighted by molar-refractivity contribution is -0.135. The highest BCUT2D eigenvalue weighted by molar-refractivity contribution is 5.91. The molecule has 49 heavy (non-hydrogen) atoms. The number of hydrogen-bond donors (Lipinski definition) is 2. The summed E-state index contributed by atoms with van der Waals surface area (Å²) in [5, 5.41) is 11.7. The van der Waals surface area contributed by atoms with E-state index in [1.54, 1.807) is 0 Å². The third-order valence-corrected chi connectivity index (χ3v) is 11.7. The van der Waals surface area contributed by atoms with Gasteiger partial charge in [0.05, 0.1) is 11.7 Å². The van der Waals surface area contributed by atoms with E-state index in [0.29, 0.717) is 44.8 Å². The van der Waals surface area contributed by atoms with E-state index in [-0.39, 0.29) is 24.0 Å². The third-order valence-electron chi connectivity index (χ3n) is 11.7. The summed E-state index contributed by atoms with van der Waals surface area (Å²) in [6.07, 6.45) is 9.06. The van der Waals surface area contributed by atoms with Crippen molar-refractivity contribution >= 4 is 34.6 Å². The first-order valence-electron chi connectivity index (χ1n) is 18.3. The number of nitrogens with one attached hydrogen (secondary N) is 2. The van der Waals surface area contributed by atoms with Gasteiger partial charge in [-0.3, -0.25) is 9.48 Å². The number of aryl methyl sites for hydroxylation is 2. The SMILES string of the molecule is Cc1cc(CC(NC(=O)N2CCC(N3CCc4ccccc4NC3=O)CC2)C(=O)N2CCC(C3CCN(C)CC3)CC2)cc2cnn(C)c12. The van der Waals surface area contributed by atoms with Gasteiger partial charge >= 0.3 is 12.1 Å². The summed E-state index contributed by atoms with van der Waals surface area (Å²) in [6.45, 7) is 7.63. The second-order valence-electron chi connectivity index (χ2n) is 14.9. The second-order valence-corrected chi connectivity index (χ2v) is 14.9. The fraction of sp³-hybridized carbons (Fsp3) is 0.579. The number of hydrogen-bond acceptors (Lipinski definition) is 5. The van der Waals surface area contributed by atoms with Crippen LogP contribution in [0.5, 0.6) is 0 Å². The number of rotatable bonds is 6. The molecule has 0 bridgehead atoms. The Balaban J connectivity index is 1.01. The van der Waals surface area contributed by atoms with Crippen LogP contribution >= 0.6 is 0 Å². The van der Waals surface area contributed by atoms with Gasteiger partial charge in [0.1, 0.15) is 6.04 Å². The lowest BCUT2D eigenvalue weighted by atomic mass is 9.79. The molecule has 2 aromatic carbocycles. The van der Waals surface area contributed by atoms with Crippen molar-refractivity contribution in [2.45, 2.75) is 70.4 Å². The molecule has 5 heterocycles. The summed E-state index contributed by atoms with van der Waals surface area (Å²) >= 11 is 0. The number of piperidine rings is 3. The average Bonchev–Trinajstić information content (AvgIpc) is 3.40. The lowest BCUT2D eigenvalue weighted by Crippen LogP contribution is -2.57. The molecule has 0 radical (unpaired) electrons. The molecule has 2 N–H and O–H groups in total. The summed E-state index contributed by atoms with van der Waals surface area (Å²) in [7, 11) is 4.15. The van der Waals surface area contributed by atoms with Crippen LogP contribution in [0.2, 0.25) is 0 Å². The van der Waals surface area contributed by atoms with Crippen molar-refractivity contribution in [3.8, 4) is 0 Å². The third kappa shape index (κ3) is 7.27. The Kier molecular flexibility index (Phi) is 9.80. The molecule has 4 aliphatic rings. The maximum Gasteiger partial charge on any atom is 0.322 e. The largest absolute Gasteiger partial charge is 0.341 e. The van der Waals surface area contributed by atoms with Gasteiger partial charge in [0, 0.05) is 63.3 Å². The molecule has 4 aliphatic heterocycles. The molecule has 7 rings (SSSR count). The highest BCUT2D eigenvalue weighted by Gasteiger charge is 2.36. The Morgan fingerprint density at radius 2 is 1.57 bits per heavy atom. The van der Waals surface area contributed by atoms with Crippen LogP contribution in [0, 0.1) is 18.8 Å². The molecule has 3 aromatic rings. The molecule has 1 unspecified atom stereocenters. The summed E-state index contributed by atoms with van der Waals surface area (Å²) in [5.74, 6) is 1.43. The zero-order chi connectivity index (χ0) is 34.1. The molecule has 0 spiro atoms. The second kappa shape index (κ2) is 14.4. The van der Waals surface area contributed by atoms with E-state index in [1.165, 1.54) is 12.8 Å². The number of fused-ring (bicyclic) bond motifs is 2. The van der Waals surface area contributed by atoms with Crippen LogP contribution < -0.4 is 10.6 Å². The predicted octanol–water partition coefficient (Wildman–Crippen LogP) is 4.64. The Hall–Kier alpha value is -4.12. The Bertz CT molecular complexity index is 1660. The van der Waals surface area contributed by atoms with Crippen molar-refractivity contribution in [1.82, 2.24) is 34.7 Å². The summed E-state index contributed by atoms with van der Waals surface area (Å²) in [4.78, 5) is 49.4. The molecular weight excluding hydrogens is 616 g/mol. The van der Waals surface area contributed by atoms with Gasteiger partial charge in [0.15, 0.2) is 0 Å². The average molecular weight is 669 g/mol. The minimum absolute atomic E-state index is 0.00908. The fourth-order valence-corrected chi connectivity index (χ4v) is 8.86. The molecule has 11 heteroatoms. The van der Waals surface area contributed by atoms with E-state index in [1.807, 2.05) is 50.8 Å². The number of para-hydroxylation sites is 1. The predicted molar refractivity (Wildman–Crippen MR) is 191 cm³/mol. The summed E-state index contributed by atoms with van der Waals surface area (Å²) in [6, 6.07) is 11.3. The molecular formula is C38H52N8O3. The highest BCUT2D eigenvalue weighted by atomic mass is 16.2. The number of benzene rings is 2. The van der Waals surface area contributed by atoms with Crippen LogP contribution in [0.1, 0.15) is 55.2 Å². The van der Waals surface area contributed by atoms with Gasteiger partial charge < -0.3 is 30.2 Å². The van der Waals surface area contributed by atoms with E-state index in [9.17, 15) is 14.4 Å². The van der Waals surface area contributed by atoms with Crippen LogP contribution in [0.3, 0.4) is 0 Å². The zero-order valence-corrected chi connectivity index (χ0v) is 29.4. The number of carbonyl (C=O) groups excluding carboxylic acids is 3. The van der Waals surface area contributed by atoms with Crippen LogP contribution in [-0.2, 0) is 24.7 Å². The minimum Gasteiger partial charge on any atom is -0.341 e. The standard InChI is InChI=1S/C38H52N8O3/c1-26-22-27(23-31-25-39-43(3)35(26)31)24-34(36(47)44-17-10-29(11-18-44)28-8-15-42(2)16-9-28)41-37(48)45-19-13-32(14-20-45)46-21-12-30-6-4-5-7-33(30)40-38(46)49/h4-7,22-23,25,28-29,32,34H,8-21,24H2,1-3H3,(H,40,49)(H,41,48). The smallest absolute Gasteiger partial charge is 0.322 e.